The van der Waals surface area contributed by atoms with Crippen molar-refractivity contribution in [1.82, 2.24) is 14.8 Å². The molecule has 0 fully saturated rings. The predicted molar refractivity (Wildman–Crippen MR) is 80.8 cm³/mol. The molecule has 0 bridgehead atoms. The fraction of sp³-hybridized carbons (Fsp3) is 0.0625. The van der Waals surface area contributed by atoms with Gasteiger partial charge in [0.05, 0.1) is 11.3 Å². The number of halogens is 3. The number of anilines is 1. The van der Waals surface area contributed by atoms with Crippen LogP contribution in [0.25, 0.3) is 5.69 Å². The maximum absolute atomic E-state index is 12.5. The van der Waals surface area contributed by atoms with Gasteiger partial charge in [0.15, 0.2) is 0 Å². The molecule has 24 heavy (non-hydrogen) atoms. The summed E-state index contributed by atoms with van der Waals surface area (Å²) in [6.07, 6.45) is -0.206. The zero-order valence-corrected chi connectivity index (χ0v) is 12.2. The van der Waals surface area contributed by atoms with E-state index in [9.17, 15) is 18.0 Å². The first kappa shape index (κ1) is 15.7. The lowest BCUT2D eigenvalue weighted by Gasteiger charge is -2.08. The van der Waals surface area contributed by atoms with Gasteiger partial charge in [0.2, 0.25) is 0 Å². The summed E-state index contributed by atoms with van der Waals surface area (Å²) in [6.45, 7) is 0. The number of alkyl halides is 3. The highest BCUT2D eigenvalue weighted by atomic mass is 19.4. The van der Waals surface area contributed by atoms with E-state index in [1.54, 1.807) is 47.4 Å². The van der Waals surface area contributed by atoms with E-state index < -0.39 is 17.8 Å². The molecule has 0 atom stereocenters. The van der Waals surface area contributed by atoms with Crippen LogP contribution in [0.3, 0.4) is 0 Å². The summed E-state index contributed by atoms with van der Waals surface area (Å²) in [7, 11) is 0. The van der Waals surface area contributed by atoms with Gasteiger partial charge in [-0.1, -0.05) is 0 Å². The number of nitrogens with zero attached hydrogens (tertiary/aromatic N) is 3. The lowest BCUT2D eigenvalue weighted by molar-refractivity contribution is -0.141. The highest BCUT2D eigenvalue weighted by molar-refractivity contribution is 6.04. The number of hydrogen-bond donors (Lipinski definition) is 1. The van der Waals surface area contributed by atoms with Gasteiger partial charge < -0.3 is 5.32 Å². The number of nitrogens with one attached hydrogen (secondary N) is 1. The van der Waals surface area contributed by atoms with Crippen molar-refractivity contribution < 1.29 is 18.0 Å². The second-order valence-corrected chi connectivity index (χ2v) is 4.88. The van der Waals surface area contributed by atoms with Crippen LogP contribution in [-0.2, 0) is 6.18 Å². The minimum atomic E-state index is -4.53. The van der Waals surface area contributed by atoms with Gasteiger partial charge >= 0.3 is 6.18 Å². The third-order valence-corrected chi connectivity index (χ3v) is 3.21. The van der Waals surface area contributed by atoms with Gasteiger partial charge in [0.1, 0.15) is 5.69 Å². The average molecular weight is 332 g/mol. The lowest BCUT2D eigenvalue weighted by Crippen LogP contribution is -2.14. The molecule has 122 valence electrons. The Morgan fingerprint density at radius 3 is 2.38 bits per heavy atom. The van der Waals surface area contributed by atoms with Gasteiger partial charge in [0.25, 0.3) is 5.91 Å². The molecule has 1 aromatic carbocycles. The molecular formula is C16H11F3N4O. The quantitative estimate of drug-likeness (QED) is 0.798. The van der Waals surface area contributed by atoms with Crippen molar-refractivity contribution in [2.24, 2.45) is 0 Å². The van der Waals surface area contributed by atoms with Gasteiger partial charge in [-0.05, 0) is 42.5 Å². The number of amides is 1. The molecule has 1 N–H and O–H groups in total. The Bertz CT molecular complexity index is 825. The normalized spacial score (nSPS) is 11.3. The lowest BCUT2D eigenvalue weighted by atomic mass is 10.2. The molecule has 0 spiro atoms. The fourth-order valence-corrected chi connectivity index (χ4v) is 2.02. The van der Waals surface area contributed by atoms with Crippen LogP contribution in [0.5, 0.6) is 0 Å². The average Bonchev–Trinajstić information content (AvgIpc) is 3.09. The zero-order chi connectivity index (χ0) is 17.2. The van der Waals surface area contributed by atoms with Crippen LogP contribution in [0.15, 0.2) is 61.1 Å². The van der Waals surface area contributed by atoms with Crippen molar-refractivity contribution >= 4 is 11.6 Å². The summed E-state index contributed by atoms with van der Waals surface area (Å²) in [5, 5.41) is 6.68. The van der Waals surface area contributed by atoms with Crippen LogP contribution in [0.2, 0.25) is 0 Å². The molecule has 5 nitrogen and oxygen atoms in total. The van der Waals surface area contributed by atoms with E-state index in [0.29, 0.717) is 5.69 Å². The van der Waals surface area contributed by atoms with E-state index in [2.05, 4.69) is 15.4 Å². The molecular weight excluding hydrogens is 321 g/mol. The smallest absolute Gasteiger partial charge is 0.322 e. The Morgan fingerprint density at radius 1 is 1.08 bits per heavy atom. The summed E-state index contributed by atoms with van der Waals surface area (Å²) < 4.78 is 39.0. The van der Waals surface area contributed by atoms with Gasteiger partial charge in [0, 0.05) is 24.3 Å². The standard InChI is InChI=1S/C16H11F3N4O/c17-16(18,19)14-7-2-11(10-20-14)15(24)22-12-3-5-13(6-4-12)23-9-1-8-21-23/h1-10H,(H,22,24). The van der Waals surface area contributed by atoms with Crippen molar-refractivity contribution in [2.45, 2.75) is 6.18 Å². The molecule has 0 aliphatic carbocycles. The number of hydrogen-bond acceptors (Lipinski definition) is 3. The van der Waals surface area contributed by atoms with E-state index in [-0.39, 0.29) is 5.56 Å². The summed E-state index contributed by atoms with van der Waals surface area (Å²) in [6, 6.07) is 10.5. The molecule has 0 unspecified atom stereocenters. The van der Waals surface area contributed by atoms with E-state index in [1.165, 1.54) is 0 Å². The number of pyridine rings is 1. The highest BCUT2D eigenvalue weighted by Gasteiger charge is 2.32. The Labute approximate surface area is 134 Å². The summed E-state index contributed by atoms with van der Waals surface area (Å²) in [5.41, 5.74) is 0.326. The second-order valence-electron chi connectivity index (χ2n) is 4.88. The highest BCUT2D eigenvalue weighted by Crippen LogP contribution is 2.27. The first-order valence-corrected chi connectivity index (χ1v) is 6.88. The molecule has 0 saturated carbocycles. The minimum Gasteiger partial charge on any atom is -0.322 e. The molecule has 0 aliphatic heterocycles. The summed E-state index contributed by atoms with van der Waals surface area (Å²) >= 11 is 0. The molecule has 3 rings (SSSR count). The Morgan fingerprint density at radius 2 is 1.83 bits per heavy atom. The van der Waals surface area contributed by atoms with Crippen molar-refractivity contribution in [3.05, 3.63) is 72.3 Å². The third kappa shape index (κ3) is 3.43. The zero-order valence-electron chi connectivity index (χ0n) is 12.2. The minimum absolute atomic E-state index is 0.0409. The van der Waals surface area contributed by atoms with E-state index >= 15 is 0 Å². The molecule has 2 aromatic heterocycles. The van der Waals surface area contributed by atoms with Crippen LogP contribution in [0, 0.1) is 0 Å². The molecule has 0 saturated heterocycles. The number of carbonyl (C=O) groups excluding carboxylic acids is 1. The van der Waals surface area contributed by atoms with Gasteiger partial charge in [-0.25, -0.2) is 4.68 Å². The number of rotatable bonds is 3. The SMILES string of the molecule is O=C(Nc1ccc(-n2cccn2)cc1)c1ccc(C(F)(F)F)nc1. The molecule has 0 radical (unpaired) electrons. The van der Waals surface area contributed by atoms with Crippen molar-refractivity contribution in [3.63, 3.8) is 0 Å². The van der Waals surface area contributed by atoms with Crippen LogP contribution in [-0.4, -0.2) is 20.7 Å². The predicted octanol–water partition coefficient (Wildman–Crippen LogP) is 3.54. The summed E-state index contributed by atoms with van der Waals surface area (Å²) in [4.78, 5) is 15.3. The third-order valence-electron chi connectivity index (χ3n) is 3.21. The van der Waals surface area contributed by atoms with Crippen molar-refractivity contribution in [3.8, 4) is 5.69 Å². The van der Waals surface area contributed by atoms with E-state index in [0.717, 1.165) is 24.0 Å². The molecule has 1 amide bonds. The van der Waals surface area contributed by atoms with Gasteiger partial charge in [-0.2, -0.15) is 18.3 Å². The topological polar surface area (TPSA) is 59.8 Å². The Hall–Kier alpha value is -3.16. The monoisotopic (exact) mass is 332 g/mol. The van der Waals surface area contributed by atoms with Crippen molar-refractivity contribution in [1.29, 1.82) is 0 Å². The largest absolute Gasteiger partial charge is 0.433 e. The van der Waals surface area contributed by atoms with Gasteiger partial charge in [-0.3, -0.25) is 9.78 Å². The number of aromatic nitrogens is 3. The fourth-order valence-electron chi connectivity index (χ4n) is 2.02. The molecule has 8 heteroatoms. The van der Waals surface area contributed by atoms with Gasteiger partial charge in [-0.15, -0.1) is 0 Å². The maximum Gasteiger partial charge on any atom is 0.433 e. The van der Waals surface area contributed by atoms with Crippen LogP contribution >= 0.6 is 0 Å². The maximum atomic E-state index is 12.5. The Balaban J connectivity index is 1.70. The number of benzene rings is 1. The first-order chi connectivity index (χ1) is 11.4. The first-order valence-electron chi connectivity index (χ1n) is 6.88. The van der Waals surface area contributed by atoms with E-state index in [4.69, 9.17) is 0 Å². The molecule has 0 aliphatic rings. The molecule has 2 heterocycles. The van der Waals surface area contributed by atoms with Crippen LogP contribution in [0.1, 0.15) is 16.1 Å². The molecule has 3 aromatic rings. The van der Waals surface area contributed by atoms with Crippen molar-refractivity contribution in [2.75, 3.05) is 5.32 Å². The van der Waals surface area contributed by atoms with Crippen LogP contribution < -0.4 is 5.32 Å². The Kier molecular flexibility index (Phi) is 4.03. The summed E-state index contributed by atoms with van der Waals surface area (Å²) in [5.74, 6) is -0.539. The van der Waals surface area contributed by atoms with E-state index in [1.807, 2.05) is 0 Å². The number of carbonyl (C=O) groups is 1. The van der Waals surface area contributed by atoms with Crippen LogP contribution in [0.4, 0.5) is 18.9 Å². The second kappa shape index (κ2) is 6.15.